The van der Waals surface area contributed by atoms with Gasteiger partial charge in [0.05, 0.1) is 18.5 Å². The monoisotopic (exact) mass is 563 g/mol. The Hall–Kier alpha value is -3.97. The number of amides is 2. The third-order valence-corrected chi connectivity index (χ3v) is 9.97. The number of para-hydroxylation sites is 3. The topological polar surface area (TPSA) is 79.0 Å². The van der Waals surface area contributed by atoms with Gasteiger partial charge in [0.1, 0.15) is 6.04 Å². The number of nitrogens with one attached hydrogen (secondary N) is 1. The molecule has 5 aliphatic rings. The molecule has 3 aromatic carbocycles. The quantitative estimate of drug-likeness (QED) is 0.291. The molecule has 0 saturated heterocycles. The molecular weight excluding hydrogens is 526 g/mol. The van der Waals surface area contributed by atoms with Crippen LogP contribution in [0.5, 0.6) is 0 Å². The van der Waals surface area contributed by atoms with Gasteiger partial charge in [-0.1, -0.05) is 60.7 Å². The van der Waals surface area contributed by atoms with Crippen LogP contribution in [0.2, 0.25) is 0 Å². The van der Waals surface area contributed by atoms with E-state index in [1.807, 2.05) is 77.7 Å². The van der Waals surface area contributed by atoms with Crippen molar-refractivity contribution in [1.29, 1.82) is 0 Å². The van der Waals surface area contributed by atoms with Gasteiger partial charge in [0.25, 0.3) is 11.8 Å². The maximum Gasteiger partial charge on any atom is 0.327 e. The number of carbonyl (C=O) groups excluding carboxylic acids is 3. The Labute approximate surface area is 246 Å². The lowest BCUT2D eigenvalue weighted by molar-refractivity contribution is -0.144. The van der Waals surface area contributed by atoms with Crippen LogP contribution in [0, 0.1) is 23.2 Å². The second-order valence-corrected chi connectivity index (χ2v) is 12.8. The maximum atomic E-state index is 14.8. The molecule has 8 rings (SSSR count). The van der Waals surface area contributed by atoms with Crippen LogP contribution in [-0.2, 0) is 19.1 Å². The van der Waals surface area contributed by atoms with E-state index >= 15 is 0 Å². The molecule has 216 valence electrons. The summed E-state index contributed by atoms with van der Waals surface area (Å²) in [6, 6.07) is 24.0. The van der Waals surface area contributed by atoms with Crippen LogP contribution in [0.15, 0.2) is 84.9 Å². The van der Waals surface area contributed by atoms with Gasteiger partial charge in [-0.25, -0.2) is 4.79 Å². The minimum absolute atomic E-state index is 0.0498. The van der Waals surface area contributed by atoms with Gasteiger partial charge in [0.15, 0.2) is 6.04 Å². The van der Waals surface area contributed by atoms with Crippen molar-refractivity contribution < 1.29 is 19.1 Å². The Kier molecular flexibility index (Phi) is 6.85. The summed E-state index contributed by atoms with van der Waals surface area (Å²) in [7, 11) is 1.32. The molecule has 1 heterocycles. The number of carbonyl (C=O) groups is 3. The van der Waals surface area contributed by atoms with Crippen LogP contribution < -0.4 is 15.1 Å². The second-order valence-electron chi connectivity index (χ2n) is 12.8. The largest absolute Gasteiger partial charge is 0.468 e. The second kappa shape index (κ2) is 10.7. The van der Waals surface area contributed by atoms with Gasteiger partial charge >= 0.3 is 5.97 Å². The molecule has 3 aromatic rings. The predicted octanol–water partition coefficient (Wildman–Crippen LogP) is 5.79. The fraction of sp³-hybridized carbons (Fsp3) is 0.400. The van der Waals surface area contributed by atoms with Crippen LogP contribution >= 0.6 is 0 Å². The van der Waals surface area contributed by atoms with E-state index in [9.17, 15) is 14.4 Å². The number of esters is 1. The lowest BCUT2D eigenvalue weighted by Crippen LogP contribution is -2.58. The van der Waals surface area contributed by atoms with Crippen molar-refractivity contribution in [2.24, 2.45) is 23.2 Å². The molecule has 4 bridgehead atoms. The molecule has 42 heavy (non-hydrogen) atoms. The van der Waals surface area contributed by atoms with Gasteiger partial charge in [0.2, 0.25) is 0 Å². The molecule has 0 radical (unpaired) electrons. The highest BCUT2D eigenvalue weighted by Crippen LogP contribution is 2.60. The molecule has 4 saturated carbocycles. The zero-order chi connectivity index (χ0) is 28.8. The first kappa shape index (κ1) is 26.9. The first-order valence-electron chi connectivity index (χ1n) is 15.1. The van der Waals surface area contributed by atoms with Crippen LogP contribution in [-0.4, -0.2) is 37.5 Å². The van der Waals surface area contributed by atoms with E-state index in [0.717, 1.165) is 42.7 Å². The van der Waals surface area contributed by atoms with Gasteiger partial charge in [-0.15, -0.1) is 0 Å². The number of hydrogen-bond donors (Lipinski definition) is 1. The van der Waals surface area contributed by atoms with E-state index < -0.39 is 24.0 Å². The van der Waals surface area contributed by atoms with Crippen LogP contribution in [0.4, 0.5) is 17.1 Å². The minimum atomic E-state index is -1.30. The fourth-order valence-electron chi connectivity index (χ4n) is 8.71. The van der Waals surface area contributed by atoms with Crippen molar-refractivity contribution in [3.8, 4) is 0 Å². The van der Waals surface area contributed by atoms with Gasteiger partial charge in [-0.05, 0) is 91.5 Å². The number of fused-ring (bicyclic) bond motifs is 1. The number of hydrogen-bond acceptors (Lipinski definition) is 5. The summed E-state index contributed by atoms with van der Waals surface area (Å²) in [5.41, 5.74) is 2.75. The zero-order valence-electron chi connectivity index (χ0n) is 23.9. The van der Waals surface area contributed by atoms with E-state index in [-0.39, 0.29) is 11.3 Å². The van der Waals surface area contributed by atoms with E-state index in [1.165, 1.54) is 26.4 Å². The zero-order valence-corrected chi connectivity index (χ0v) is 23.9. The molecule has 7 heteroatoms. The summed E-state index contributed by atoms with van der Waals surface area (Å²) in [5.74, 6) is 0.885. The number of rotatable bonds is 7. The molecule has 2 amide bonds. The molecule has 2 atom stereocenters. The summed E-state index contributed by atoms with van der Waals surface area (Å²) in [5, 5.41) is 3.18. The lowest BCUT2D eigenvalue weighted by Gasteiger charge is -2.57. The molecule has 4 aliphatic carbocycles. The van der Waals surface area contributed by atoms with Crippen molar-refractivity contribution in [1.82, 2.24) is 5.32 Å². The Bertz CT molecular complexity index is 1460. The molecule has 0 aromatic heterocycles. The Balaban J connectivity index is 1.33. The highest BCUT2D eigenvalue weighted by molar-refractivity contribution is 6.23. The summed E-state index contributed by atoms with van der Waals surface area (Å²) < 4.78 is 5.15. The van der Waals surface area contributed by atoms with Crippen LogP contribution in [0.3, 0.4) is 0 Å². The summed E-state index contributed by atoms with van der Waals surface area (Å²) >= 11 is 0. The molecule has 0 unspecified atom stereocenters. The van der Waals surface area contributed by atoms with Crippen LogP contribution in [0.1, 0.15) is 50.1 Å². The number of benzene rings is 3. The van der Waals surface area contributed by atoms with Crippen molar-refractivity contribution in [2.75, 3.05) is 23.5 Å². The van der Waals surface area contributed by atoms with Gasteiger partial charge in [-0.2, -0.15) is 0 Å². The molecule has 4 fully saturated rings. The molecule has 1 N–H and O–H groups in total. The molecular formula is C35H37N3O4. The van der Waals surface area contributed by atoms with E-state index in [0.29, 0.717) is 23.5 Å². The molecule has 7 nitrogen and oxygen atoms in total. The minimum Gasteiger partial charge on any atom is -0.468 e. The number of ether oxygens (including phenoxy) is 1. The van der Waals surface area contributed by atoms with Crippen LogP contribution in [0.25, 0.3) is 0 Å². The van der Waals surface area contributed by atoms with Crippen molar-refractivity contribution >= 4 is 34.8 Å². The molecule has 0 spiro atoms. The third kappa shape index (κ3) is 4.70. The summed E-state index contributed by atoms with van der Waals surface area (Å²) in [6.07, 6.45) is 7.33. The first-order chi connectivity index (χ1) is 20.4. The third-order valence-electron chi connectivity index (χ3n) is 9.97. The standard InChI is InChI=1S/C35H37N3O4/c1-42-34(41)30(26-10-4-2-5-11-26)36-31-32(39)37(22-35-19-23-16-24(20-35)18-25(17-23)21-35)28-14-8-9-15-29(28)38(33(31)40)27-12-6-3-7-13-27/h2-15,23-25,30-31,36H,16-22H2,1H3/t23?,24?,25?,30-,31+,35?/m1/s1. The predicted molar refractivity (Wildman–Crippen MR) is 161 cm³/mol. The number of nitrogens with zero attached hydrogens (tertiary/aromatic N) is 2. The first-order valence-corrected chi connectivity index (χ1v) is 15.1. The lowest BCUT2D eigenvalue weighted by atomic mass is 9.49. The molecule has 1 aliphatic heterocycles. The average molecular weight is 564 g/mol. The SMILES string of the molecule is COC(=O)[C@H](N[C@H]1C(=O)N(CC23CC4CC(CC(C4)C2)C3)c2ccccc2N(c2ccccc2)C1=O)c1ccccc1. The van der Waals surface area contributed by atoms with E-state index in [2.05, 4.69) is 5.32 Å². The Morgan fingerprint density at radius 2 is 1.36 bits per heavy atom. The highest BCUT2D eigenvalue weighted by Gasteiger charge is 2.53. The van der Waals surface area contributed by atoms with E-state index in [4.69, 9.17) is 4.74 Å². The average Bonchev–Trinajstić information content (AvgIpc) is 3.08. The van der Waals surface area contributed by atoms with Gasteiger partial charge < -0.3 is 9.64 Å². The van der Waals surface area contributed by atoms with Gasteiger partial charge in [0, 0.05) is 12.2 Å². The van der Waals surface area contributed by atoms with E-state index in [1.54, 1.807) is 17.0 Å². The Morgan fingerprint density at radius 1 is 0.810 bits per heavy atom. The normalized spacial score (nSPS) is 28.8. The van der Waals surface area contributed by atoms with Crippen molar-refractivity contribution in [2.45, 2.75) is 50.6 Å². The maximum absolute atomic E-state index is 14.8. The van der Waals surface area contributed by atoms with Gasteiger partial charge in [-0.3, -0.25) is 19.8 Å². The number of anilines is 3. The Morgan fingerprint density at radius 3 is 1.95 bits per heavy atom. The smallest absolute Gasteiger partial charge is 0.327 e. The van der Waals surface area contributed by atoms with Crippen molar-refractivity contribution in [3.63, 3.8) is 0 Å². The highest BCUT2D eigenvalue weighted by atomic mass is 16.5. The summed E-state index contributed by atoms with van der Waals surface area (Å²) in [4.78, 5) is 45.9. The fourth-order valence-corrected chi connectivity index (χ4v) is 8.71. The number of methoxy groups -OCH3 is 1. The summed E-state index contributed by atoms with van der Waals surface area (Å²) in [6.45, 7) is 0.578. The van der Waals surface area contributed by atoms with Crippen molar-refractivity contribution in [3.05, 3.63) is 90.5 Å².